The molecule has 0 saturated carbocycles. The van der Waals surface area contributed by atoms with E-state index in [9.17, 15) is 4.39 Å². The van der Waals surface area contributed by atoms with E-state index < -0.39 is 5.82 Å². The van der Waals surface area contributed by atoms with Gasteiger partial charge in [0, 0.05) is 0 Å². The molecule has 21 heavy (non-hydrogen) atoms. The minimum atomic E-state index is -0.529. The smallest absolute Gasteiger partial charge is 0.166 e. The van der Waals surface area contributed by atoms with Crippen molar-refractivity contribution in [2.24, 2.45) is 0 Å². The Balaban J connectivity index is 1.73. The summed E-state index contributed by atoms with van der Waals surface area (Å²) in [7, 11) is 0. The SMILES string of the molecule is N#Cc1ccc(OCC2OCCc3ccccc32)c(F)c1. The fourth-order valence-corrected chi connectivity index (χ4v) is 2.47. The van der Waals surface area contributed by atoms with Crippen LogP contribution in [-0.4, -0.2) is 13.2 Å². The molecule has 0 fully saturated rings. The first-order valence-electron chi connectivity index (χ1n) is 6.80. The van der Waals surface area contributed by atoms with Gasteiger partial charge in [-0.2, -0.15) is 5.26 Å². The molecule has 1 atom stereocenters. The molecule has 0 aliphatic carbocycles. The second kappa shape index (κ2) is 5.94. The number of ether oxygens (including phenoxy) is 2. The van der Waals surface area contributed by atoms with E-state index in [4.69, 9.17) is 14.7 Å². The predicted octanol–water partition coefficient (Wildman–Crippen LogP) is 3.39. The number of halogens is 1. The fourth-order valence-electron chi connectivity index (χ4n) is 2.47. The van der Waals surface area contributed by atoms with E-state index in [1.165, 1.54) is 23.8 Å². The van der Waals surface area contributed by atoms with E-state index in [2.05, 4.69) is 6.07 Å². The Morgan fingerprint density at radius 1 is 1.29 bits per heavy atom. The van der Waals surface area contributed by atoms with E-state index in [-0.39, 0.29) is 24.0 Å². The highest BCUT2D eigenvalue weighted by Gasteiger charge is 2.21. The number of nitriles is 1. The van der Waals surface area contributed by atoms with Crippen LogP contribution in [0.3, 0.4) is 0 Å². The van der Waals surface area contributed by atoms with Crippen molar-refractivity contribution in [3.8, 4) is 11.8 Å². The van der Waals surface area contributed by atoms with Crippen LogP contribution in [0.15, 0.2) is 42.5 Å². The van der Waals surface area contributed by atoms with Crippen molar-refractivity contribution in [2.75, 3.05) is 13.2 Å². The Bertz CT molecular complexity index is 693. The van der Waals surface area contributed by atoms with Crippen LogP contribution in [0.2, 0.25) is 0 Å². The van der Waals surface area contributed by atoms with Crippen molar-refractivity contribution in [3.05, 3.63) is 65.0 Å². The highest BCUT2D eigenvalue weighted by atomic mass is 19.1. The van der Waals surface area contributed by atoms with Gasteiger partial charge in [-0.1, -0.05) is 24.3 Å². The first-order valence-corrected chi connectivity index (χ1v) is 6.80. The Labute approximate surface area is 122 Å². The normalized spacial score (nSPS) is 16.9. The average Bonchev–Trinajstić information content (AvgIpc) is 2.53. The average molecular weight is 283 g/mol. The topological polar surface area (TPSA) is 42.2 Å². The molecule has 1 heterocycles. The number of fused-ring (bicyclic) bond motifs is 1. The van der Waals surface area contributed by atoms with Crippen LogP contribution >= 0.6 is 0 Å². The summed E-state index contributed by atoms with van der Waals surface area (Å²) in [6.07, 6.45) is 0.697. The summed E-state index contributed by atoms with van der Waals surface area (Å²) in [5, 5.41) is 8.72. The molecule has 0 spiro atoms. The van der Waals surface area contributed by atoms with Gasteiger partial charge in [0.05, 0.1) is 18.2 Å². The molecule has 1 unspecified atom stereocenters. The fraction of sp³-hybridized carbons (Fsp3) is 0.235. The molecule has 3 nitrogen and oxygen atoms in total. The third kappa shape index (κ3) is 2.88. The standard InChI is InChI=1S/C17H14FNO2/c18-15-9-12(10-19)5-6-16(15)21-11-17-14-4-2-1-3-13(14)7-8-20-17/h1-6,9,17H,7-8,11H2. The molecule has 4 heteroatoms. The van der Waals surface area contributed by atoms with E-state index in [1.54, 1.807) is 0 Å². The van der Waals surface area contributed by atoms with Crippen LogP contribution in [0, 0.1) is 17.1 Å². The van der Waals surface area contributed by atoms with Crippen molar-refractivity contribution in [1.29, 1.82) is 5.26 Å². The monoisotopic (exact) mass is 283 g/mol. The summed E-state index contributed by atoms with van der Waals surface area (Å²) in [5.74, 6) is -0.390. The molecule has 2 aromatic rings. The molecular formula is C17H14FNO2. The van der Waals surface area contributed by atoms with Gasteiger partial charge >= 0.3 is 0 Å². The minimum absolute atomic E-state index is 0.139. The zero-order chi connectivity index (χ0) is 14.7. The highest BCUT2D eigenvalue weighted by molar-refractivity contribution is 5.36. The van der Waals surface area contributed by atoms with Crippen LogP contribution in [-0.2, 0) is 11.2 Å². The maximum Gasteiger partial charge on any atom is 0.166 e. The molecule has 0 amide bonds. The molecule has 0 aromatic heterocycles. The van der Waals surface area contributed by atoms with Gasteiger partial charge in [0.25, 0.3) is 0 Å². The summed E-state index contributed by atoms with van der Waals surface area (Å²) in [6.45, 7) is 0.890. The third-order valence-corrected chi connectivity index (χ3v) is 3.54. The molecule has 1 aliphatic heterocycles. The predicted molar refractivity (Wildman–Crippen MR) is 75.4 cm³/mol. The number of nitrogens with zero attached hydrogens (tertiary/aromatic N) is 1. The van der Waals surface area contributed by atoms with Gasteiger partial charge in [-0.15, -0.1) is 0 Å². The summed E-state index contributed by atoms with van der Waals surface area (Å²) >= 11 is 0. The lowest BCUT2D eigenvalue weighted by atomic mass is 9.98. The van der Waals surface area contributed by atoms with E-state index >= 15 is 0 Å². The summed E-state index contributed by atoms with van der Waals surface area (Å²) in [6, 6.07) is 14.1. The van der Waals surface area contributed by atoms with E-state index in [0.29, 0.717) is 6.61 Å². The molecule has 0 bridgehead atoms. The van der Waals surface area contributed by atoms with Gasteiger partial charge in [-0.05, 0) is 35.7 Å². The highest BCUT2D eigenvalue weighted by Crippen LogP contribution is 2.28. The van der Waals surface area contributed by atoms with Crippen molar-refractivity contribution in [2.45, 2.75) is 12.5 Å². The number of rotatable bonds is 3. The number of hydrogen-bond acceptors (Lipinski definition) is 3. The quantitative estimate of drug-likeness (QED) is 0.867. The van der Waals surface area contributed by atoms with Crippen molar-refractivity contribution >= 4 is 0 Å². The van der Waals surface area contributed by atoms with Gasteiger partial charge < -0.3 is 9.47 Å². The van der Waals surface area contributed by atoms with Crippen LogP contribution in [0.4, 0.5) is 4.39 Å². The Morgan fingerprint density at radius 3 is 2.95 bits per heavy atom. The summed E-state index contributed by atoms with van der Waals surface area (Å²) in [4.78, 5) is 0. The Morgan fingerprint density at radius 2 is 2.14 bits per heavy atom. The van der Waals surface area contributed by atoms with Crippen molar-refractivity contribution < 1.29 is 13.9 Å². The lowest BCUT2D eigenvalue weighted by Crippen LogP contribution is -2.21. The van der Waals surface area contributed by atoms with Crippen LogP contribution < -0.4 is 4.74 Å². The first kappa shape index (κ1) is 13.6. The molecule has 1 aliphatic rings. The van der Waals surface area contributed by atoms with Crippen LogP contribution in [0.1, 0.15) is 22.8 Å². The second-order valence-corrected chi connectivity index (χ2v) is 4.88. The number of hydrogen-bond donors (Lipinski definition) is 0. The molecule has 3 rings (SSSR count). The molecule has 106 valence electrons. The zero-order valence-corrected chi connectivity index (χ0v) is 11.4. The molecular weight excluding hydrogens is 269 g/mol. The zero-order valence-electron chi connectivity index (χ0n) is 11.4. The lowest BCUT2D eigenvalue weighted by Gasteiger charge is -2.26. The molecule has 0 N–H and O–H groups in total. The van der Waals surface area contributed by atoms with Crippen LogP contribution in [0.5, 0.6) is 5.75 Å². The summed E-state index contributed by atoms with van der Waals surface area (Å²) < 4.78 is 25.0. The van der Waals surface area contributed by atoms with Gasteiger partial charge in [0.1, 0.15) is 12.7 Å². The maximum absolute atomic E-state index is 13.8. The Kier molecular flexibility index (Phi) is 3.85. The largest absolute Gasteiger partial charge is 0.487 e. The van der Waals surface area contributed by atoms with E-state index in [0.717, 1.165) is 12.0 Å². The minimum Gasteiger partial charge on any atom is -0.487 e. The number of benzene rings is 2. The van der Waals surface area contributed by atoms with Crippen molar-refractivity contribution in [3.63, 3.8) is 0 Å². The molecule has 0 radical (unpaired) electrons. The van der Waals surface area contributed by atoms with Gasteiger partial charge in [0.15, 0.2) is 11.6 Å². The molecule has 2 aromatic carbocycles. The van der Waals surface area contributed by atoms with Gasteiger partial charge in [-0.25, -0.2) is 4.39 Å². The summed E-state index contributed by atoms with van der Waals surface area (Å²) in [5.41, 5.74) is 2.62. The Hall–Kier alpha value is -2.38. The van der Waals surface area contributed by atoms with E-state index in [1.807, 2.05) is 24.3 Å². The maximum atomic E-state index is 13.8. The first-order chi connectivity index (χ1) is 10.3. The van der Waals surface area contributed by atoms with Crippen LogP contribution in [0.25, 0.3) is 0 Å². The third-order valence-electron chi connectivity index (χ3n) is 3.54. The second-order valence-electron chi connectivity index (χ2n) is 4.88. The van der Waals surface area contributed by atoms with Crippen molar-refractivity contribution in [1.82, 2.24) is 0 Å². The molecule has 0 saturated heterocycles. The van der Waals surface area contributed by atoms with Gasteiger partial charge in [-0.3, -0.25) is 0 Å². The lowest BCUT2D eigenvalue weighted by molar-refractivity contribution is 0.00935. The van der Waals surface area contributed by atoms with Gasteiger partial charge in [0.2, 0.25) is 0 Å².